The fourth-order valence-corrected chi connectivity index (χ4v) is 3.14. The Bertz CT molecular complexity index is 699. The average molecular weight is 278 g/mol. The van der Waals surface area contributed by atoms with Crippen molar-refractivity contribution in [2.24, 2.45) is 0 Å². The van der Waals surface area contributed by atoms with Gasteiger partial charge in [0.15, 0.2) is 5.82 Å². The molecule has 0 saturated heterocycles. The average Bonchev–Trinajstić information content (AvgIpc) is 2.35. The van der Waals surface area contributed by atoms with Crippen molar-refractivity contribution in [3.63, 3.8) is 0 Å². The van der Waals surface area contributed by atoms with Gasteiger partial charge in [-0.2, -0.15) is 5.10 Å². The molecule has 1 aromatic heterocycles. The van der Waals surface area contributed by atoms with Gasteiger partial charge in [0, 0.05) is 6.20 Å². The minimum Gasteiger partial charge on any atom is -0.397 e. The summed E-state index contributed by atoms with van der Waals surface area (Å²) >= 11 is 0. The van der Waals surface area contributed by atoms with Crippen LogP contribution in [0.4, 0.5) is 11.5 Å². The second-order valence-corrected chi connectivity index (χ2v) is 5.78. The molecule has 2 rings (SSSR count). The van der Waals surface area contributed by atoms with Crippen LogP contribution in [0.2, 0.25) is 0 Å². The molecule has 0 amide bonds. The Kier molecular flexibility index (Phi) is 3.39. The molecule has 19 heavy (non-hydrogen) atoms. The lowest BCUT2D eigenvalue weighted by atomic mass is 10.1. The first-order chi connectivity index (χ1) is 8.92. The molecule has 2 aromatic rings. The lowest BCUT2D eigenvalue weighted by molar-refractivity contribution is 0.600. The molecule has 0 aliphatic heterocycles. The van der Waals surface area contributed by atoms with Crippen molar-refractivity contribution < 1.29 is 8.42 Å². The van der Waals surface area contributed by atoms with E-state index in [0.29, 0.717) is 11.1 Å². The molecule has 1 aromatic carbocycles. The minimum absolute atomic E-state index is 0.0816. The number of aryl methyl sites for hydroxylation is 2. The van der Waals surface area contributed by atoms with Gasteiger partial charge in [-0.25, -0.2) is 8.42 Å². The largest absolute Gasteiger partial charge is 0.397 e. The van der Waals surface area contributed by atoms with Crippen molar-refractivity contribution in [2.45, 2.75) is 18.7 Å². The van der Waals surface area contributed by atoms with Crippen LogP contribution < -0.4 is 10.5 Å². The number of anilines is 2. The van der Waals surface area contributed by atoms with Gasteiger partial charge in [-0.05, 0) is 37.1 Å². The highest BCUT2D eigenvalue weighted by Gasteiger charge is 2.21. The summed E-state index contributed by atoms with van der Waals surface area (Å²) in [5.74, 6) is 0.155. The van der Waals surface area contributed by atoms with Crippen LogP contribution in [0.25, 0.3) is 0 Å². The normalized spacial score (nSPS) is 11.3. The van der Waals surface area contributed by atoms with Gasteiger partial charge in [0.25, 0.3) is 10.0 Å². The van der Waals surface area contributed by atoms with E-state index in [4.69, 9.17) is 5.73 Å². The quantitative estimate of drug-likeness (QED) is 0.829. The fraction of sp³-hybridized carbons (Fsp3) is 0.167. The molecule has 100 valence electrons. The number of nitrogen functional groups attached to an aromatic ring is 1. The van der Waals surface area contributed by atoms with Gasteiger partial charge in [-0.15, -0.1) is 5.10 Å². The van der Waals surface area contributed by atoms with Crippen molar-refractivity contribution in [3.05, 3.63) is 41.6 Å². The smallest absolute Gasteiger partial charge is 0.265 e. The zero-order chi connectivity index (χ0) is 14.0. The van der Waals surface area contributed by atoms with Gasteiger partial charge < -0.3 is 5.73 Å². The minimum atomic E-state index is -3.77. The summed E-state index contributed by atoms with van der Waals surface area (Å²) in [4.78, 5) is 0.0816. The number of benzene rings is 1. The van der Waals surface area contributed by atoms with Crippen LogP contribution in [0.3, 0.4) is 0 Å². The van der Waals surface area contributed by atoms with Crippen LogP contribution in [0.15, 0.2) is 35.4 Å². The Morgan fingerprint density at radius 3 is 2.47 bits per heavy atom. The van der Waals surface area contributed by atoms with Crippen LogP contribution in [0.1, 0.15) is 11.1 Å². The third-order valence-corrected chi connectivity index (χ3v) is 4.25. The third-order valence-electron chi connectivity index (χ3n) is 2.69. The summed E-state index contributed by atoms with van der Waals surface area (Å²) in [7, 11) is -3.77. The summed E-state index contributed by atoms with van der Waals surface area (Å²) in [6.45, 7) is 3.46. The number of rotatable bonds is 3. The van der Waals surface area contributed by atoms with Gasteiger partial charge in [0.2, 0.25) is 0 Å². The van der Waals surface area contributed by atoms with Crippen molar-refractivity contribution in [1.82, 2.24) is 10.2 Å². The number of sulfonamides is 1. The Labute approximate surface area is 111 Å². The predicted molar refractivity (Wildman–Crippen MR) is 73.2 cm³/mol. The van der Waals surface area contributed by atoms with Crippen molar-refractivity contribution >= 4 is 21.5 Å². The molecule has 0 atom stereocenters. The topological polar surface area (TPSA) is 98.0 Å². The molecule has 3 N–H and O–H groups in total. The highest BCUT2D eigenvalue weighted by molar-refractivity contribution is 7.93. The molecule has 0 fully saturated rings. The fourth-order valence-electron chi connectivity index (χ4n) is 1.71. The summed E-state index contributed by atoms with van der Waals surface area (Å²) in [5.41, 5.74) is 7.41. The van der Waals surface area contributed by atoms with E-state index >= 15 is 0 Å². The second kappa shape index (κ2) is 4.85. The molecule has 1 heterocycles. The van der Waals surface area contributed by atoms with Gasteiger partial charge in [0.05, 0.1) is 5.69 Å². The van der Waals surface area contributed by atoms with E-state index in [2.05, 4.69) is 14.9 Å². The third kappa shape index (κ3) is 2.65. The zero-order valence-corrected chi connectivity index (χ0v) is 11.4. The monoisotopic (exact) mass is 278 g/mol. The first kappa shape index (κ1) is 13.3. The SMILES string of the molecule is Cc1ccc(C)c(S(=O)(=O)Nc2cccnn2)c1N. The lowest BCUT2D eigenvalue weighted by Gasteiger charge is -2.13. The molecule has 7 heteroatoms. The summed E-state index contributed by atoms with van der Waals surface area (Å²) < 4.78 is 27.0. The predicted octanol–water partition coefficient (Wildman–Crippen LogP) is 1.48. The molecule has 6 nitrogen and oxygen atoms in total. The van der Waals surface area contributed by atoms with Crippen molar-refractivity contribution in [1.29, 1.82) is 0 Å². The van der Waals surface area contributed by atoms with Crippen LogP contribution in [-0.4, -0.2) is 18.6 Å². The van der Waals surface area contributed by atoms with E-state index in [1.165, 1.54) is 12.3 Å². The maximum atomic E-state index is 12.3. The Morgan fingerprint density at radius 1 is 1.16 bits per heavy atom. The van der Waals surface area contributed by atoms with Crippen LogP contribution in [0, 0.1) is 13.8 Å². The maximum Gasteiger partial charge on any atom is 0.265 e. The molecule has 0 aliphatic rings. The number of nitrogens with two attached hydrogens (primary N) is 1. The maximum absolute atomic E-state index is 12.3. The zero-order valence-electron chi connectivity index (χ0n) is 10.6. The highest BCUT2D eigenvalue weighted by Crippen LogP contribution is 2.27. The highest BCUT2D eigenvalue weighted by atomic mass is 32.2. The molecule has 0 bridgehead atoms. The van der Waals surface area contributed by atoms with E-state index < -0.39 is 10.0 Å². The van der Waals surface area contributed by atoms with Gasteiger partial charge >= 0.3 is 0 Å². The number of nitrogens with zero attached hydrogens (tertiary/aromatic N) is 2. The van der Waals surface area contributed by atoms with E-state index in [1.54, 1.807) is 32.0 Å². The number of nitrogens with one attached hydrogen (secondary N) is 1. The van der Waals surface area contributed by atoms with Crippen LogP contribution >= 0.6 is 0 Å². The van der Waals surface area contributed by atoms with E-state index in [-0.39, 0.29) is 16.4 Å². The molecule has 0 radical (unpaired) electrons. The lowest BCUT2D eigenvalue weighted by Crippen LogP contribution is -2.17. The van der Waals surface area contributed by atoms with Gasteiger partial charge in [0.1, 0.15) is 4.90 Å². The summed E-state index contributed by atoms with van der Waals surface area (Å²) in [6, 6.07) is 6.62. The number of hydrogen-bond donors (Lipinski definition) is 2. The Hall–Kier alpha value is -2.15. The summed E-state index contributed by atoms with van der Waals surface area (Å²) in [6.07, 6.45) is 1.46. The van der Waals surface area contributed by atoms with E-state index in [9.17, 15) is 8.42 Å². The molecule has 0 unspecified atom stereocenters. The second-order valence-electron chi connectivity index (χ2n) is 4.16. The Morgan fingerprint density at radius 2 is 1.84 bits per heavy atom. The molecule has 0 spiro atoms. The van der Waals surface area contributed by atoms with E-state index in [0.717, 1.165) is 0 Å². The van der Waals surface area contributed by atoms with Crippen LogP contribution in [0.5, 0.6) is 0 Å². The van der Waals surface area contributed by atoms with Gasteiger partial charge in [-0.3, -0.25) is 4.72 Å². The first-order valence-corrected chi connectivity index (χ1v) is 7.06. The number of aromatic nitrogens is 2. The van der Waals surface area contributed by atoms with Crippen LogP contribution in [-0.2, 0) is 10.0 Å². The molecule has 0 aliphatic carbocycles. The Balaban J connectivity index is 2.49. The van der Waals surface area contributed by atoms with E-state index in [1.807, 2.05) is 0 Å². The standard InChI is InChI=1S/C12H14N4O2S/c1-8-5-6-9(2)12(11(8)13)19(17,18)16-10-4-3-7-14-15-10/h3-7H,13H2,1-2H3,(H,15,16). The molecular weight excluding hydrogens is 264 g/mol. The van der Waals surface area contributed by atoms with Crippen molar-refractivity contribution in [3.8, 4) is 0 Å². The summed E-state index contributed by atoms with van der Waals surface area (Å²) in [5, 5.41) is 7.31. The molecule has 0 saturated carbocycles. The molecular formula is C12H14N4O2S. The number of hydrogen-bond acceptors (Lipinski definition) is 5. The van der Waals surface area contributed by atoms with Crippen molar-refractivity contribution in [2.75, 3.05) is 10.5 Å². The first-order valence-electron chi connectivity index (χ1n) is 5.58. The van der Waals surface area contributed by atoms with Gasteiger partial charge in [-0.1, -0.05) is 12.1 Å².